The third-order valence-corrected chi connectivity index (χ3v) is 4.65. The number of piperazine rings is 1. The molecule has 1 fully saturated rings. The van der Waals surface area contributed by atoms with Crippen molar-refractivity contribution < 1.29 is 9.21 Å². The van der Waals surface area contributed by atoms with Gasteiger partial charge in [0.15, 0.2) is 0 Å². The first-order chi connectivity index (χ1) is 12.7. The van der Waals surface area contributed by atoms with Crippen LogP contribution in [0.15, 0.2) is 59.2 Å². The van der Waals surface area contributed by atoms with Gasteiger partial charge in [0, 0.05) is 32.7 Å². The highest BCUT2D eigenvalue weighted by Gasteiger charge is 2.19. The third kappa shape index (κ3) is 5.58. The van der Waals surface area contributed by atoms with Crippen LogP contribution < -0.4 is 5.32 Å². The van der Waals surface area contributed by atoms with Crippen LogP contribution in [-0.4, -0.2) is 55.0 Å². The molecule has 138 valence electrons. The number of rotatable bonds is 7. The highest BCUT2D eigenvalue weighted by Crippen LogP contribution is 2.12. The molecule has 0 saturated carbocycles. The summed E-state index contributed by atoms with van der Waals surface area (Å²) in [6.45, 7) is 7.14. The molecule has 1 aromatic carbocycles. The minimum absolute atomic E-state index is 0.0475. The Bertz CT molecular complexity index is 689. The summed E-state index contributed by atoms with van der Waals surface area (Å²) in [6.07, 6.45) is 6.00. The molecule has 1 N–H and O–H groups in total. The van der Waals surface area contributed by atoms with E-state index in [-0.39, 0.29) is 11.9 Å². The average molecular weight is 353 g/mol. The highest BCUT2D eigenvalue weighted by atomic mass is 16.3. The normalized spacial score (nSPS) is 17.4. The van der Waals surface area contributed by atoms with E-state index in [9.17, 15) is 4.79 Å². The lowest BCUT2D eigenvalue weighted by Crippen LogP contribution is -2.49. The summed E-state index contributed by atoms with van der Waals surface area (Å²) in [5.74, 6) is 0.833. The molecule has 26 heavy (non-hydrogen) atoms. The molecule has 0 aliphatic carbocycles. The zero-order valence-electron chi connectivity index (χ0n) is 15.3. The minimum atomic E-state index is -0.0955. The van der Waals surface area contributed by atoms with Gasteiger partial charge in [-0.25, -0.2) is 0 Å². The van der Waals surface area contributed by atoms with Crippen molar-refractivity contribution in [2.24, 2.45) is 0 Å². The molecule has 2 aromatic rings. The second kappa shape index (κ2) is 9.36. The number of amides is 1. The Labute approximate surface area is 155 Å². The van der Waals surface area contributed by atoms with Gasteiger partial charge < -0.3 is 9.73 Å². The summed E-state index contributed by atoms with van der Waals surface area (Å²) in [5.41, 5.74) is 1.23. The van der Waals surface area contributed by atoms with E-state index in [0.29, 0.717) is 6.54 Å². The number of hydrogen-bond acceptors (Lipinski definition) is 4. The van der Waals surface area contributed by atoms with Crippen molar-refractivity contribution in [3.63, 3.8) is 0 Å². The van der Waals surface area contributed by atoms with Crippen LogP contribution >= 0.6 is 0 Å². The van der Waals surface area contributed by atoms with Crippen LogP contribution in [-0.2, 0) is 4.79 Å². The summed E-state index contributed by atoms with van der Waals surface area (Å²) in [6, 6.07) is 14.0. The molecule has 1 atom stereocenters. The summed E-state index contributed by atoms with van der Waals surface area (Å²) < 4.78 is 5.33. The quantitative estimate of drug-likeness (QED) is 0.832. The van der Waals surface area contributed by atoms with Crippen molar-refractivity contribution in [3.8, 4) is 0 Å². The highest BCUT2D eigenvalue weighted by molar-refractivity contribution is 5.78. The first kappa shape index (κ1) is 18.4. The molecule has 0 radical (unpaired) electrons. The van der Waals surface area contributed by atoms with Crippen molar-refractivity contribution in [1.29, 1.82) is 0 Å². The first-order valence-corrected chi connectivity index (χ1v) is 9.20. The monoisotopic (exact) mass is 353 g/mol. The van der Waals surface area contributed by atoms with Crippen molar-refractivity contribution in [2.45, 2.75) is 13.0 Å². The Kier molecular flexibility index (Phi) is 6.63. The van der Waals surface area contributed by atoms with E-state index < -0.39 is 0 Å². The predicted octanol–water partition coefficient (Wildman–Crippen LogP) is 2.79. The molecule has 5 heteroatoms. The molecule has 3 rings (SSSR count). The smallest absolute Gasteiger partial charge is 0.234 e. The SMILES string of the molecule is C[C@@H](NC(=O)CN1CCN(C/C=C/c2ccccc2)CC1)c1ccco1. The van der Waals surface area contributed by atoms with Crippen LogP contribution in [0.1, 0.15) is 24.3 Å². The van der Waals surface area contributed by atoms with Crippen LogP contribution in [0.5, 0.6) is 0 Å². The summed E-state index contributed by atoms with van der Waals surface area (Å²) >= 11 is 0. The van der Waals surface area contributed by atoms with E-state index in [0.717, 1.165) is 38.5 Å². The van der Waals surface area contributed by atoms with E-state index in [1.54, 1.807) is 6.26 Å². The fraction of sp³-hybridized carbons (Fsp3) is 0.381. The van der Waals surface area contributed by atoms with Gasteiger partial charge in [-0.2, -0.15) is 0 Å². The van der Waals surface area contributed by atoms with Crippen molar-refractivity contribution >= 4 is 12.0 Å². The van der Waals surface area contributed by atoms with Crippen molar-refractivity contribution in [1.82, 2.24) is 15.1 Å². The van der Waals surface area contributed by atoms with Gasteiger partial charge in [0.2, 0.25) is 5.91 Å². The van der Waals surface area contributed by atoms with Gasteiger partial charge >= 0.3 is 0 Å². The molecule has 1 saturated heterocycles. The van der Waals surface area contributed by atoms with Crippen LogP contribution in [0.4, 0.5) is 0 Å². The summed E-state index contributed by atoms with van der Waals surface area (Å²) in [4.78, 5) is 16.8. The minimum Gasteiger partial charge on any atom is -0.467 e. The zero-order chi connectivity index (χ0) is 18.2. The van der Waals surface area contributed by atoms with E-state index in [2.05, 4.69) is 51.5 Å². The second-order valence-corrected chi connectivity index (χ2v) is 6.69. The number of nitrogens with zero attached hydrogens (tertiary/aromatic N) is 2. The second-order valence-electron chi connectivity index (χ2n) is 6.69. The maximum atomic E-state index is 12.2. The summed E-state index contributed by atoms with van der Waals surface area (Å²) in [5, 5.41) is 2.99. The average Bonchev–Trinajstić information content (AvgIpc) is 3.19. The molecule has 0 bridgehead atoms. The molecule has 1 aliphatic heterocycles. The lowest BCUT2D eigenvalue weighted by Gasteiger charge is -2.33. The van der Waals surface area contributed by atoms with E-state index in [1.165, 1.54) is 5.56 Å². The van der Waals surface area contributed by atoms with Gasteiger partial charge in [-0.15, -0.1) is 0 Å². The Morgan fingerprint density at radius 3 is 2.54 bits per heavy atom. The molecule has 5 nitrogen and oxygen atoms in total. The molecule has 1 aromatic heterocycles. The Balaban J connectivity index is 1.35. The molecule has 2 heterocycles. The first-order valence-electron chi connectivity index (χ1n) is 9.20. The van der Waals surface area contributed by atoms with Gasteiger partial charge in [0.1, 0.15) is 5.76 Å². The predicted molar refractivity (Wildman–Crippen MR) is 104 cm³/mol. The lowest BCUT2D eigenvalue weighted by molar-refractivity contribution is -0.123. The van der Waals surface area contributed by atoms with Crippen molar-refractivity contribution in [3.05, 3.63) is 66.1 Å². The van der Waals surface area contributed by atoms with Crippen molar-refractivity contribution in [2.75, 3.05) is 39.3 Å². The van der Waals surface area contributed by atoms with Crippen LogP contribution in [0.25, 0.3) is 6.08 Å². The number of nitrogens with one attached hydrogen (secondary N) is 1. The molecule has 1 aliphatic rings. The van der Waals surface area contributed by atoms with E-state index >= 15 is 0 Å². The van der Waals surface area contributed by atoms with Gasteiger partial charge in [0.25, 0.3) is 0 Å². The van der Waals surface area contributed by atoms with E-state index in [4.69, 9.17) is 4.42 Å². The Morgan fingerprint density at radius 2 is 1.85 bits per heavy atom. The van der Waals surface area contributed by atoms with Crippen LogP contribution in [0.2, 0.25) is 0 Å². The molecule has 0 spiro atoms. The molecule has 0 unspecified atom stereocenters. The maximum absolute atomic E-state index is 12.2. The number of furan rings is 1. The van der Waals surface area contributed by atoms with Gasteiger partial charge in [0.05, 0.1) is 18.8 Å². The van der Waals surface area contributed by atoms with Crippen LogP contribution in [0, 0.1) is 0 Å². The third-order valence-electron chi connectivity index (χ3n) is 4.65. The van der Waals surface area contributed by atoms with Gasteiger partial charge in [-0.05, 0) is 24.6 Å². The number of benzene rings is 1. The fourth-order valence-electron chi connectivity index (χ4n) is 3.13. The van der Waals surface area contributed by atoms with Crippen LogP contribution in [0.3, 0.4) is 0 Å². The molecule has 1 amide bonds. The standard InChI is InChI=1S/C21H27N3O2/c1-18(20-10-6-16-26-20)22-21(25)17-24-14-12-23(13-15-24)11-5-9-19-7-3-2-4-8-19/h2-10,16,18H,11-15,17H2,1H3,(H,22,25)/b9-5+/t18-/m1/s1. The number of hydrogen-bond donors (Lipinski definition) is 1. The Hall–Kier alpha value is -2.37. The number of carbonyl (C=O) groups is 1. The van der Waals surface area contributed by atoms with Gasteiger partial charge in [-0.3, -0.25) is 14.6 Å². The fourth-order valence-corrected chi connectivity index (χ4v) is 3.13. The topological polar surface area (TPSA) is 48.7 Å². The molecular weight excluding hydrogens is 326 g/mol. The lowest BCUT2D eigenvalue weighted by atomic mass is 10.2. The Morgan fingerprint density at radius 1 is 1.12 bits per heavy atom. The van der Waals surface area contributed by atoms with E-state index in [1.807, 2.05) is 25.1 Å². The summed E-state index contributed by atoms with van der Waals surface area (Å²) in [7, 11) is 0. The van der Waals surface area contributed by atoms with Gasteiger partial charge in [-0.1, -0.05) is 42.5 Å². The molecular formula is C21H27N3O2. The number of carbonyl (C=O) groups excluding carboxylic acids is 1. The maximum Gasteiger partial charge on any atom is 0.234 e. The largest absolute Gasteiger partial charge is 0.467 e. The zero-order valence-corrected chi connectivity index (χ0v) is 15.3.